The minimum absolute atomic E-state index is 0.284. The van der Waals surface area contributed by atoms with E-state index in [1.54, 1.807) is 17.5 Å². The lowest BCUT2D eigenvalue weighted by atomic mass is 10.1. The van der Waals surface area contributed by atoms with Gasteiger partial charge in [0, 0.05) is 11.1 Å². The summed E-state index contributed by atoms with van der Waals surface area (Å²) in [7, 11) is 0. The summed E-state index contributed by atoms with van der Waals surface area (Å²) in [5.41, 5.74) is 3.07. The summed E-state index contributed by atoms with van der Waals surface area (Å²) in [6.45, 7) is 0. The smallest absolute Gasteiger partial charge is 0.342 e. The summed E-state index contributed by atoms with van der Waals surface area (Å²) in [6, 6.07) is 12.0. The fraction of sp³-hybridized carbons (Fsp3) is 0. The molecule has 0 atom stereocenters. The molecule has 118 valence electrons. The van der Waals surface area contributed by atoms with Gasteiger partial charge in [0.25, 0.3) is 0 Å². The Bertz CT molecular complexity index is 1050. The van der Waals surface area contributed by atoms with E-state index in [-0.39, 0.29) is 5.56 Å². The van der Waals surface area contributed by atoms with E-state index in [0.29, 0.717) is 5.65 Å². The van der Waals surface area contributed by atoms with Crippen molar-refractivity contribution < 1.29 is 15.0 Å². The molecule has 4 rings (SSSR count). The first kappa shape index (κ1) is 14.4. The van der Waals surface area contributed by atoms with Crippen molar-refractivity contribution in [3.63, 3.8) is 0 Å². The zero-order valence-corrected chi connectivity index (χ0v) is 13.1. The standard InChI is InChI=1S/C17H11N3O3S/c21-16-13(17(22)23)7-18-15-12(8-19-20(15)16)14-6-11(9-24-14)10-4-2-1-3-5-10/h1-9,21H,(H,22,23). The van der Waals surface area contributed by atoms with E-state index < -0.39 is 11.8 Å². The molecule has 0 radical (unpaired) electrons. The second-order valence-electron chi connectivity index (χ2n) is 5.16. The van der Waals surface area contributed by atoms with Gasteiger partial charge in [-0.1, -0.05) is 30.3 Å². The predicted molar refractivity (Wildman–Crippen MR) is 90.4 cm³/mol. The number of carboxylic acid groups (broad SMARTS) is 1. The van der Waals surface area contributed by atoms with E-state index in [0.717, 1.165) is 32.3 Å². The normalized spacial score (nSPS) is 11.0. The minimum Gasteiger partial charge on any atom is -0.493 e. The maximum Gasteiger partial charge on any atom is 0.342 e. The van der Waals surface area contributed by atoms with Crippen LogP contribution in [0.5, 0.6) is 5.88 Å². The van der Waals surface area contributed by atoms with Crippen LogP contribution in [0.4, 0.5) is 0 Å². The summed E-state index contributed by atoms with van der Waals surface area (Å²) in [6.07, 6.45) is 2.72. The zero-order valence-electron chi connectivity index (χ0n) is 12.2. The Hall–Kier alpha value is -3.19. The van der Waals surface area contributed by atoms with Crippen LogP contribution >= 0.6 is 11.3 Å². The third kappa shape index (κ3) is 2.22. The number of rotatable bonds is 3. The number of thiophene rings is 1. The van der Waals surface area contributed by atoms with Crippen LogP contribution in [0.3, 0.4) is 0 Å². The van der Waals surface area contributed by atoms with Crippen molar-refractivity contribution in [2.24, 2.45) is 0 Å². The largest absolute Gasteiger partial charge is 0.493 e. The van der Waals surface area contributed by atoms with Crippen LogP contribution in [-0.2, 0) is 0 Å². The molecule has 24 heavy (non-hydrogen) atoms. The third-order valence-electron chi connectivity index (χ3n) is 3.70. The molecule has 0 unspecified atom stereocenters. The number of aromatic carboxylic acids is 1. The zero-order chi connectivity index (χ0) is 16.7. The quantitative estimate of drug-likeness (QED) is 0.597. The Balaban J connectivity index is 1.82. The highest BCUT2D eigenvalue weighted by Crippen LogP contribution is 2.35. The lowest BCUT2D eigenvalue weighted by molar-refractivity contribution is 0.0692. The van der Waals surface area contributed by atoms with E-state index in [2.05, 4.69) is 10.1 Å². The first-order chi connectivity index (χ1) is 11.6. The summed E-state index contributed by atoms with van der Waals surface area (Å²) in [4.78, 5) is 16.2. The summed E-state index contributed by atoms with van der Waals surface area (Å²) >= 11 is 1.54. The highest BCUT2D eigenvalue weighted by molar-refractivity contribution is 7.14. The van der Waals surface area contributed by atoms with Crippen LogP contribution in [0.15, 0.2) is 54.2 Å². The average Bonchev–Trinajstić information content (AvgIpc) is 3.22. The maximum absolute atomic E-state index is 11.1. The Morgan fingerprint density at radius 3 is 2.67 bits per heavy atom. The maximum atomic E-state index is 11.1. The highest BCUT2D eigenvalue weighted by Gasteiger charge is 2.18. The highest BCUT2D eigenvalue weighted by atomic mass is 32.1. The van der Waals surface area contributed by atoms with Crippen LogP contribution in [0, 0.1) is 0 Å². The van der Waals surface area contributed by atoms with Crippen molar-refractivity contribution in [2.45, 2.75) is 0 Å². The van der Waals surface area contributed by atoms with Gasteiger partial charge >= 0.3 is 5.97 Å². The molecule has 0 amide bonds. The van der Waals surface area contributed by atoms with E-state index in [9.17, 15) is 9.90 Å². The lowest BCUT2D eigenvalue weighted by Crippen LogP contribution is -2.03. The first-order valence-corrected chi connectivity index (χ1v) is 7.96. The van der Waals surface area contributed by atoms with E-state index in [1.165, 1.54) is 0 Å². The summed E-state index contributed by atoms with van der Waals surface area (Å²) in [5.74, 6) is -1.68. The van der Waals surface area contributed by atoms with Crippen LogP contribution in [0.1, 0.15) is 10.4 Å². The molecule has 0 saturated carbocycles. The molecular weight excluding hydrogens is 326 g/mol. The molecule has 0 aliphatic rings. The van der Waals surface area contributed by atoms with Gasteiger partial charge in [0.05, 0.1) is 11.8 Å². The molecule has 0 aliphatic heterocycles. The van der Waals surface area contributed by atoms with Crippen LogP contribution < -0.4 is 0 Å². The molecule has 0 saturated heterocycles. The fourth-order valence-electron chi connectivity index (χ4n) is 2.50. The van der Waals surface area contributed by atoms with Crippen molar-refractivity contribution in [1.82, 2.24) is 14.6 Å². The third-order valence-corrected chi connectivity index (χ3v) is 4.67. The number of carboxylic acids is 1. The average molecular weight is 337 g/mol. The van der Waals surface area contributed by atoms with E-state index >= 15 is 0 Å². The fourth-order valence-corrected chi connectivity index (χ4v) is 3.43. The monoisotopic (exact) mass is 337 g/mol. The molecule has 0 bridgehead atoms. The Morgan fingerprint density at radius 2 is 1.92 bits per heavy atom. The SMILES string of the molecule is O=C(O)c1cnc2c(-c3cc(-c4ccccc4)cs3)cnn2c1O. The van der Waals surface area contributed by atoms with Crippen molar-refractivity contribution in [1.29, 1.82) is 0 Å². The van der Waals surface area contributed by atoms with E-state index in [1.807, 2.05) is 41.8 Å². The van der Waals surface area contributed by atoms with Crippen molar-refractivity contribution in [3.8, 4) is 27.4 Å². The Morgan fingerprint density at radius 1 is 1.12 bits per heavy atom. The van der Waals surface area contributed by atoms with Gasteiger partial charge in [0.2, 0.25) is 5.88 Å². The molecule has 7 heteroatoms. The van der Waals surface area contributed by atoms with Gasteiger partial charge in [0.15, 0.2) is 5.65 Å². The second-order valence-corrected chi connectivity index (χ2v) is 6.07. The Labute approximate surface area is 140 Å². The van der Waals surface area contributed by atoms with Gasteiger partial charge in [0.1, 0.15) is 5.56 Å². The number of aromatic nitrogens is 3. The molecule has 3 aromatic heterocycles. The summed E-state index contributed by atoms with van der Waals surface area (Å²) < 4.78 is 1.14. The Kier molecular flexibility index (Phi) is 3.28. The molecule has 3 heterocycles. The molecular formula is C17H11N3O3S. The number of nitrogens with zero attached hydrogens (tertiary/aromatic N) is 3. The van der Waals surface area contributed by atoms with Gasteiger partial charge < -0.3 is 10.2 Å². The lowest BCUT2D eigenvalue weighted by Gasteiger charge is -2.01. The van der Waals surface area contributed by atoms with Crippen molar-refractivity contribution in [2.75, 3.05) is 0 Å². The van der Waals surface area contributed by atoms with Crippen LogP contribution in [-0.4, -0.2) is 30.8 Å². The predicted octanol–water partition coefficient (Wildman–Crippen LogP) is 3.53. The molecule has 6 nitrogen and oxygen atoms in total. The molecule has 4 aromatic rings. The number of benzene rings is 1. The topological polar surface area (TPSA) is 87.7 Å². The van der Waals surface area contributed by atoms with Gasteiger partial charge in [-0.3, -0.25) is 0 Å². The number of aromatic hydroxyl groups is 1. The van der Waals surface area contributed by atoms with Gasteiger partial charge in [-0.2, -0.15) is 9.61 Å². The molecule has 0 spiro atoms. The molecule has 1 aromatic carbocycles. The van der Waals surface area contributed by atoms with E-state index in [4.69, 9.17) is 5.11 Å². The molecule has 0 fully saturated rings. The van der Waals surface area contributed by atoms with Crippen LogP contribution in [0.25, 0.3) is 27.2 Å². The van der Waals surface area contributed by atoms with Gasteiger partial charge in [-0.15, -0.1) is 11.3 Å². The number of carbonyl (C=O) groups is 1. The number of fused-ring (bicyclic) bond motifs is 1. The number of hydrogen-bond donors (Lipinski definition) is 2. The van der Waals surface area contributed by atoms with Crippen molar-refractivity contribution in [3.05, 3.63) is 59.7 Å². The second kappa shape index (κ2) is 5.47. The van der Waals surface area contributed by atoms with Crippen molar-refractivity contribution >= 4 is 23.0 Å². The first-order valence-electron chi connectivity index (χ1n) is 7.08. The van der Waals surface area contributed by atoms with Crippen LogP contribution in [0.2, 0.25) is 0 Å². The molecule has 2 N–H and O–H groups in total. The van der Waals surface area contributed by atoms with Gasteiger partial charge in [-0.05, 0) is 22.6 Å². The van der Waals surface area contributed by atoms with Gasteiger partial charge in [-0.25, -0.2) is 9.78 Å². The summed E-state index contributed by atoms with van der Waals surface area (Å²) in [5, 5.41) is 25.2. The number of hydrogen-bond acceptors (Lipinski definition) is 5. The minimum atomic E-state index is -1.25. The molecule has 0 aliphatic carbocycles.